The molecule has 7 heteroatoms. The van der Waals surface area contributed by atoms with Crippen molar-refractivity contribution in [2.75, 3.05) is 13.1 Å². The lowest BCUT2D eigenvalue weighted by molar-refractivity contribution is 0.341. The molecule has 1 N–H and O–H groups in total. The number of nitriles is 1. The van der Waals surface area contributed by atoms with Gasteiger partial charge in [-0.2, -0.15) is 22.7 Å². The first-order valence-electron chi connectivity index (χ1n) is 6.46. The van der Waals surface area contributed by atoms with Crippen molar-refractivity contribution in [3.63, 3.8) is 0 Å². The second-order valence-corrected chi connectivity index (χ2v) is 6.46. The van der Waals surface area contributed by atoms with Gasteiger partial charge in [-0.15, -0.1) is 0 Å². The SMILES string of the molecule is N#Cc1ccc(CNS(=O)(=O)N2CCCCC2)c(F)c1. The summed E-state index contributed by atoms with van der Waals surface area (Å²) in [6.07, 6.45) is 2.74. The van der Waals surface area contributed by atoms with Crippen LogP contribution in [0.15, 0.2) is 18.2 Å². The molecule has 0 unspecified atom stereocenters. The highest BCUT2D eigenvalue weighted by atomic mass is 32.2. The maximum absolute atomic E-state index is 13.7. The van der Waals surface area contributed by atoms with Gasteiger partial charge in [0.2, 0.25) is 0 Å². The summed E-state index contributed by atoms with van der Waals surface area (Å²) in [4.78, 5) is 0. The first kappa shape index (κ1) is 14.9. The number of nitrogens with one attached hydrogen (secondary N) is 1. The van der Waals surface area contributed by atoms with Crippen LogP contribution in [-0.4, -0.2) is 25.8 Å². The summed E-state index contributed by atoms with van der Waals surface area (Å²) in [5, 5.41) is 8.65. The highest BCUT2D eigenvalue weighted by Crippen LogP contribution is 2.14. The summed E-state index contributed by atoms with van der Waals surface area (Å²) < 4.78 is 41.5. The quantitative estimate of drug-likeness (QED) is 0.915. The third-order valence-corrected chi connectivity index (χ3v) is 4.84. The third kappa shape index (κ3) is 3.54. The Morgan fingerprint density at radius 1 is 1.30 bits per heavy atom. The molecule has 0 amide bonds. The van der Waals surface area contributed by atoms with Gasteiger partial charge < -0.3 is 0 Å². The predicted octanol–water partition coefficient (Wildman–Crippen LogP) is 1.52. The summed E-state index contributed by atoms with van der Waals surface area (Å²) in [7, 11) is -3.56. The lowest BCUT2D eigenvalue weighted by Crippen LogP contribution is -2.43. The van der Waals surface area contributed by atoms with Crippen LogP contribution in [0.1, 0.15) is 30.4 Å². The molecule has 1 heterocycles. The first-order chi connectivity index (χ1) is 9.53. The summed E-state index contributed by atoms with van der Waals surface area (Å²) in [6, 6.07) is 5.82. The number of piperidine rings is 1. The smallest absolute Gasteiger partial charge is 0.207 e. The fourth-order valence-corrected chi connectivity index (χ4v) is 3.39. The molecule has 1 aromatic carbocycles. The summed E-state index contributed by atoms with van der Waals surface area (Å²) in [5.74, 6) is -0.578. The second-order valence-electron chi connectivity index (χ2n) is 4.70. The summed E-state index contributed by atoms with van der Waals surface area (Å²) >= 11 is 0. The van der Waals surface area contributed by atoms with E-state index in [0.717, 1.165) is 25.3 Å². The van der Waals surface area contributed by atoms with Gasteiger partial charge in [-0.05, 0) is 25.0 Å². The minimum atomic E-state index is -3.56. The molecule has 0 aromatic heterocycles. The topological polar surface area (TPSA) is 73.2 Å². The molecule has 1 aliphatic heterocycles. The Bertz CT molecular complexity index is 619. The van der Waals surface area contributed by atoms with E-state index in [-0.39, 0.29) is 17.7 Å². The molecule has 0 bridgehead atoms. The van der Waals surface area contributed by atoms with Crippen LogP contribution in [0.2, 0.25) is 0 Å². The molecule has 0 radical (unpaired) electrons. The van der Waals surface area contributed by atoms with E-state index in [1.54, 1.807) is 0 Å². The van der Waals surface area contributed by atoms with Crippen LogP contribution in [0, 0.1) is 17.1 Å². The molecule has 0 spiro atoms. The van der Waals surface area contributed by atoms with E-state index in [1.165, 1.54) is 16.4 Å². The van der Waals surface area contributed by atoms with Gasteiger partial charge in [0.25, 0.3) is 10.2 Å². The average molecular weight is 297 g/mol. The van der Waals surface area contributed by atoms with Crippen LogP contribution in [0.25, 0.3) is 0 Å². The molecule has 5 nitrogen and oxygen atoms in total. The molecule has 1 aromatic rings. The maximum Gasteiger partial charge on any atom is 0.279 e. The Morgan fingerprint density at radius 2 is 2.00 bits per heavy atom. The fraction of sp³-hybridized carbons (Fsp3) is 0.462. The lowest BCUT2D eigenvalue weighted by Gasteiger charge is -2.25. The van der Waals surface area contributed by atoms with Gasteiger partial charge in [0.1, 0.15) is 5.82 Å². The Balaban J connectivity index is 2.02. The minimum absolute atomic E-state index is 0.115. The van der Waals surface area contributed by atoms with Gasteiger partial charge in [-0.1, -0.05) is 12.5 Å². The van der Waals surface area contributed by atoms with Gasteiger partial charge in [0, 0.05) is 25.2 Å². The van der Waals surface area contributed by atoms with E-state index in [1.807, 2.05) is 6.07 Å². The van der Waals surface area contributed by atoms with Crippen LogP contribution >= 0.6 is 0 Å². The number of rotatable bonds is 4. The predicted molar refractivity (Wildman–Crippen MR) is 72.3 cm³/mol. The van der Waals surface area contributed by atoms with Crippen molar-refractivity contribution in [1.29, 1.82) is 5.26 Å². The van der Waals surface area contributed by atoms with Crippen LogP contribution in [0.4, 0.5) is 4.39 Å². The van der Waals surface area contributed by atoms with Crippen molar-refractivity contribution < 1.29 is 12.8 Å². The van der Waals surface area contributed by atoms with E-state index in [9.17, 15) is 12.8 Å². The molecule has 2 rings (SSSR count). The molecule has 108 valence electrons. The third-order valence-electron chi connectivity index (χ3n) is 3.28. The van der Waals surface area contributed by atoms with Gasteiger partial charge in [0.15, 0.2) is 0 Å². The van der Waals surface area contributed by atoms with Crippen molar-refractivity contribution in [2.45, 2.75) is 25.8 Å². The molecule has 0 aliphatic carbocycles. The zero-order chi connectivity index (χ0) is 14.6. The number of nitrogens with zero attached hydrogens (tertiary/aromatic N) is 2. The fourth-order valence-electron chi connectivity index (χ4n) is 2.13. The van der Waals surface area contributed by atoms with Crippen LogP contribution in [0.5, 0.6) is 0 Å². The Hall–Kier alpha value is -1.49. The van der Waals surface area contributed by atoms with E-state index in [0.29, 0.717) is 13.1 Å². The van der Waals surface area contributed by atoms with Gasteiger partial charge in [-0.25, -0.2) is 4.39 Å². The molecule has 0 atom stereocenters. The monoisotopic (exact) mass is 297 g/mol. The van der Waals surface area contributed by atoms with Crippen molar-refractivity contribution in [1.82, 2.24) is 9.03 Å². The first-order valence-corrected chi connectivity index (χ1v) is 7.90. The van der Waals surface area contributed by atoms with Crippen molar-refractivity contribution >= 4 is 10.2 Å². The number of hydrogen-bond donors (Lipinski definition) is 1. The lowest BCUT2D eigenvalue weighted by atomic mass is 10.1. The van der Waals surface area contributed by atoms with E-state index >= 15 is 0 Å². The maximum atomic E-state index is 13.7. The zero-order valence-corrected chi connectivity index (χ0v) is 11.8. The van der Waals surface area contributed by atoms with E-state index < -0.39 is 16.0 Å². The summed E-state index contributed by atoms with van der Waals surface area (Å²) in [6.45, 7) is 0.896. The largest absolute Gasteiger partial charge is 0.279 e. The Labute approximate surface area is 118 Å². The van der Waals surface area contributed by atoms with Gasteiger partial charge >= 0.3 is 0 Å². The Morgan fingerprint density at radius 3 is 2.60 bits per heavy atom. The van der Waals surface area contributed by atoms with Crippen molar-refractivity contribution in [3.05, 3.63) is 35.1 Å². The number of benzene rings is 1. The summed E-state index contributed by atoms with van der Waals surface area (Å²) in [5.41, 5.74) is 0.440. The molecular weight excluding hydrogens is 281 g/mol. The van der Waals surface area contributed by atoms with Crippen molar-refractivity contribution in [2.24, 2.45) is 0 Å². The molecule has 20 heavy (non-hydrogen) atoms. The zero-order valence-electron chi connectivity index (χ0n) is 11.0. The molecular formula is C13H16FN3O2S. The minimum Gasteiger partial charge on any atom is -0.207 e. The van der Waals surface area contributed by atoms with Crippen LogP contribution in [-0.2, 0) is 16.8 Å². The van der Waals surface area contributed by atoms with Crippen molar-refractivity contribution in [3.8, 4) is 6.07 Å². The normalized spacial score (nSPS) is 16.8. The van der Waals surface area contributed by atoms with E-state index in [4.69, 9.17) is 5.26 Å². The molecule has 1 saturated heterocycles. The molecule has 1 aliphatic rings. The number of halogens is 1. The molecule has 1 fully saturated rings. The van der Waals surface area contributed by atoms with E-state index in [2.05, 4.69) is 4.72 Å². The highest BCUT2D eigenvalue weighted by Gasteiger charge is 2.23. The highest BCUT2D eigenvalue weighted by molar-refractivity contribution is 7.87. The number of hydrogen-bond acceptors (Lipinski definition) is 3. The van der Waals surface area contributed by atoms with Gasteiger partial charge in [-0.3, -0.25) is 0 Å². The second kappa shape index (κ2) is 6.31. The van der Waals surface area contributed by atoms with Crippen LogP contribution in [0.3, 0.4) is 0 Å². The molecule has 0 saturated carbocycles. The standard InChI is InChI=1S/C13H16FN3O2S/c14-13-8-11(9-15)4-5-12(13)10-16-20(18,19)17-6-2-1-3-7-17/h4-5,8,16H,1-3,6-7,10H2. The Kier molecular flexibility index (Phi) is 4.70. The average Bonchev–Trinajstić information content (AvgIpc) is 2.47. The van der Waals surface area contributed by atoms with Crippen LogP contribution < -0.4 is 4.72 Å². The van der Waals surface area contributed by atoms with Gasteiger partial charge in [0.05, 0.1) is 11.6 Å².